The Kier molecular flexibility index (Phi) is 5.72. The van der Waals surface area contributed by atoms with E-state index in [2.05, 4.69) is 39.3 Å². The molecule has 186 valence electrons. The molecule has 0 N–H and O–H groups in total. The van der Waals surface area contributed by atoms with Crippen LogP contribution in [0.1, 0.15) is 23.3 Å². The van der Waals surface area contributed by atoms with E-state index in [1.54, 1.807) is 30.9 Å². The topological polar surface area (TPSA) is 139 Å². The van der Waals surface area contributed by atoms with Crippen LogP contribution in [-0.2, 0) is 0 Å². The van der Waals surface area contributed by atoms with Crippen LogP contribution in [0.15, 0.2) is 82.0 Å². The predicted molar refractivity (Wildman–Crippen MR) is 142 cm³/mol. The van der Waals surface area contributed by atoms with Crippen LogP contribution in [0.3, 0.4) is 0 Å². The molecule has 0 aliphatic carbocycles. The van der Waals surface area contributed by atoms with Gasteiger partial charge in [-0.25, -0.2) is 25.0 Å². The van der Waals surface area contributed by atoms with Gasteiger partial charge >= 0.3 is 0 Å². The molecule has 6 aromatic heterocycles. The Morgan fingerprint density at radius 2 is 1.74 bits per heavy atom. The Morgan fingerprint density at radius 3 is 2.42 bits per heavy atom. The molecular weight excluding hydrogens is 545 g/mol. The number of aromatic nitrogens is 9. The number of pyridine rings is 1. The smallest absolute Gasteiger partial charge is 0.217 e. The molecule has 38 heavy (non-hydrogen) atoms. The Hall–Kier alpha value is -4.67. The lowest BCUT2D eigenvalue weighted by Crippen LogP contribution is -2.59. The first-order valence-electron chi connectivity index (χ1n) is 11.1. The Morgan fingerprint density at radius 1 is 0.816 bits per heavy atom. The molecule has 0 aromatic carbocycles. The van der Waals surface area contributed by atoms with E-state index in [0.29, 0.717) is 39.7 Å². The predicted octanol–water partition coefficient (Wildman–Crippen LogP) is 3.99. The van der Waals surface area contributed by atoms with E-state index in [1.165, 1.54) is 40.7 Å². The summed E-state index contributed by atoms with van der Waals surface area (Å²) in [6, 6.07) is 8.82. The third-order valence-electron chi connectivity index (χ3n) is 5.56. The molecule has 0 amide bonds. The third-order valence-corrected chi connectivity index (χ3v) is 7.38. The fourth-order valence-corrected chi connectivity index (χ4v) is 5.74. The largest absolute Gasteiger partial charge is 0.343 e. The third kappa shape index (κ3) is 3.78. The van der Waals surface area contributed by atoms with Gasteiger partial charge in [0, 0.05) is 51.8 Å². The summed E-state index contributed by atoms with van der Waals surface area (Å²) in [6.45, 7) is 0. The molecule has 0 saturated carbocycles. The number of anilines is 3. The summed E-state index contributed by atoms with van der Waals surface area (Å²) in [7, 11) is 0. The van der Waals surface area contributed by atoms with E-state index >= 15 is 0 Å². The van der Waals surface area contributed by atoms with Crippen LogP contribution in [0.25, 0.3) is 11.3 Å². The highest BCUT2D eigenvalue weighted by Crippen LogP contribution is 2.49. The van der Waals surface area contributed by atoms with E-state index in [1.807, 2.05) is 55.5 Å². The monoisotopic (exact) mass is 558 g/mol. The SMILES string of the molecule is c1ccc(C2=C(c3csnn3)N(c3conn3)N(c3ccsn3)N(c3nccs3)C2c2ncccn2)nc1. The quantitative estimate of drug-likeness (QED) is 0.291. The van der Waals surface area contributed by atoms with E-state index in [9.17, 15) is 0 Å². The summed E-state index contributed by atoms with van der Waals surface area (Å²) in [6.07, 6.45) is 8.36. The fourth-order valence-electron chi connectivity index (χ4n) is 4.16. The number of rotatable bonds is 6. The van der Waals surface area contributed by atoms with E-state index < -0.39 is 6.04 Å². The van der Waals surface area contributed by atoms with Crippen molar-refractivity contribution in [2.45, 2.75) is 6.04 Å². The minimum absolute atomic E-state index is 0.392. The molecule has 1 atom stereocenters. The van der Waals surface area contributed by atoms with Crippen molar-refractivity contribution in [1.29, 1.82) is 0 Å². The van der Waals surface area contributed by atoms with Gasteiger partial charge in [-0.2, -0.15) is 9.49 Å². The van der Waals surface area contributed by atoms with Gasteiger partial charge in [-0.3, -0.25) is 4.98 Å². The van der Waals surface area contributed by atoms with Gasteiger partial charge in [0.25, 0.3) is 0 Å². The molecule has 0 spiro atoms. The van der Waals surface area contributed by atoms with Crippen molar-refractivity contribution >= 4 is 62.4 Å². The molecule has 7 heterocycles. The van der Waals surface area contributed by atoms with Gasteiger partial charge in [-0.05, 0) is 47.3 Å². The molecular formula is C22H14N12OS3. The number of hydrogen-bond acceptors (Lipinski definition) is 16. The Labute approximate surface area is 226 Å². The lowest BCUT2D eigenvalue weighted by Gasteiger charge is -2.49. The number of nitrogens with zero attached hydrogens (tertiary/aromatic N) is 12. The summed E-state index contributed by atoms with van der Waals surface area (Å²) >= 11 is 4.01. The molecule has 0 fully saturated rings. The second kappa shape index (κ2) is 9.66. The molecule has 6 aromatic rings. The minimum atomic E-state index is -0.591. The van der Waals surface area contributed by atoms with Gasteiger partial charge in [0.15, 0.2) is 17.9 Å². The lowest BCUT2D eigenvalue weighted by atomic mass is 9.96. The molecule has 1 unspecified atom stereocenters. The van der Waals surface area contributed by atoms with E-state index in [0.717, 1.165) is 5.57 Å². The van der Waals surface area contributed by atoms with E-state index in [-0.39, 0.29) is 0 Å². The maximum absolute atomic E-state index is 5.20. The first-order chi connectivity index (χ1) is 18.9. The Bertz CT molecular complexity index is 1630. The van der Waals surface area contributed by atoms with Crippen molar-refractivity contribution in [3.8, 4) is 0 Å². The molecule has 13 nitrogen and oxygen atoms in total. The van der Waals surface area contributed by atoms with Crippen LogP contribution >= 0.6 is 34.4 Å². The average Bonchev–Trinajstić information content (AvgIpc) is 3.79. The lowest BCUT2D eigenvalue weighted by molar-refractivity contribution is 0.393. The molecule has 7 rings (SSSR count). The number of hydrazine groups is 2. The highest BCUT2D eigenvalue weighted by Gasteiger charge is 2.47. The molecule has 0 radical (unpaired) electrons. The highest BCUT2D eigenvalue weighted by atomic mass is 32.1. The maximum atomic E-state index is 5.20. The molecule has 16 heteroatoms. The fraction of sp³-hybridized carbons (Fsp3) is 0.0455. The summed E-state index contributed by atoms with van der Waals surface area (Å²) in [5.74, 6) is 1.53. The van der Waals surface area contributed by atoms with Gasteiger partial charge in [-0.15, -0.1) is 16.4 Å². The summed E-state index contributed by atoms with van der Waals surface area (Å²) in [5, 5.41) is 24.5. The van der Waals surface area contributed by atoms with Crippen LogP contribution in [-0.4, -0.2) is 44.3 Å². The van der Waals surface area contributed by atoms with Crippen molar-refractivity contribution in [1.82, 2.24) is 44.3 Å². The second-order valence-electron chi connectivity index (χ2n) is 7.66. The normalized spacial score (nSPS) is 15.9. The Balaban J connectivity index is 1.64. The first kappa shape index (κ1) is 22.5. The minimum Gasteiger partial charge on any atom is -0.343 e. The first-order valence-corrected chi connectivity index (χ1v) is 13.6. The maximum Gasteiger partial charge on any atom is 0.217 e. The summed E-state index contributed by atoms with van der Waals surface area (Å²) < 4.78 is 14.0. The number of thiazole rings is 1. The zero-order chi connectivity index (χ0) is 25.3. The van der Waals surface area contributed by atoms with Crippen molar-refractivity contribution in [3.05, 3.63) is 94.7 Å². The number of hydrogen-bond donors (Lipinski definition) is 0. The van der Waals surface area contributed by atoms with Crippen LogP contribution in [0.2, 0.25) is 0 Å². The van der Waals surface area contributed by atoms with Gasteiger partial charge in [0.2, 0.25) is 10.9 Å². The van der Waals surface area contributed by atoms with Crippen LogP contribution in [0.5, 0.6) is 0 Å². The van der Waals surface area contributed by atoms with Gasteiger partial charge in [0.05, 0.1) is 5.69 Å². The van der Waals surface area contributed by atoms with Crippen molar-refractivity contribution in [3.63, 3.8) is 0 Å². The average molecular weight is 559 g/mol. The van der Waals surface area contributed by atoms with Crippen molar-refractivity contribution < 1.29 is 4.52 Å². The standard InChI is InChI=1S/C22H14N12OS3/c1-2-6-23-14(4-1)18-19(15-13-38-31-27-15)32(17-12-35-30-28-17)34(16-5-10-37-29-16)33(22-26-9-11-36-22)20(18)21-24-7-3-8-25-21/h1-13,20H. The second-order valence-corrected chi connectivity index (χ2v) is 9.81. The molecule has 0 bridgehead atoms. The molecule has 1 aliphatic rings. The molecule has 0 saturated heterocycles. The van der Waals surface area contributed by atoms with Crippen LogP contribution < -0.4 is 15.1 Å². The van der Waals surface area contributed by atoms with Crippen LogP contribution in [0, 0.1) is 0 Å². The zero-order valence-electron chi connectivity index (χ0n) is 19.1. The highest BCUT2D eigenvalue weighted by molar-refractivity contribution is 7.13. The zero-order valence-corrected chi connectivity index (χ0v) is 21.5. The van der Waals surface area contributed by atoms with E-state index in [4.69, 9.17) is 9.51 Å². The van der Waals surface area contributed by atoms with Crippen molar-refractivity contribution in [2.24, 2.45) is 0 Å². The summed E-state index contributed by atoms with van der Waals surface area (Å²) in [4.78, 5) is 18.8. The van der Waals surface area contributed by atoms with Gasteiger partial charge < -0.3 is 4.52 Å². The van der Waals surface area contributed by atoms with Crippen molar-refractivity contribution in [2.75, 3.05) is 15.1 Å². The van der Waals surface area contributed by atoms with Gasteiger partial charge in [-0.1, -0.05) is 15.7 Å². The van der Waals surface area contributed by atoms with Crippen LogP contribution in [0.4, 0.5) is 16.8 Å². The van der Waals surface area contributed by atoms with Gasteiger partial charge in [0.1, 0.15) is 17.4 Å². The molecule has 1 aliphatic heterocycles. The summed E-state index contributed by atoms with van der Waals surface area (Å²) in [5.41, 5.74) is 2.69.